The number of unbranched alkanes of at least 4 members (excludes halogenated alkanes) is 2. The Morgan fingerprint density at radius 2 is 1.00 bits per heavy atom. The maximum Gasteiger partial charge on any atom is 0.123 e. The summed E-state index contributed by atoms with van der Waals surface area (Å²) in [6.45, 7) is 23.7. The van der Waals surface area contributed by atoms with Crippen molar-refractivity contribution >= 4 is 0 Å². The van der Waals surface area contributed by atoms with E-state index in [1.165, 1.54) is 24.0 Å². The molecule has 0 radical (unpaired) electrons. The van der Waals surface area contributed by atoms with Crippen LogP contribution in [-0.2, 0) is 31.8 Å². The molecule has 0 aliphatic carbocycles. The smallest absolute Gasteiger partial charge is 0.123 e. The summed E-state index contributed by atoms with van der Waals surface area (Å²) in [6, 6.07) is 17.2. The quantitative estimate of drug-likeness (QED) is 0.176. The lowest BCUT2D eigenvalue weighted by atomic mass is 9.84. The summed E-state index contributed by atoms with van der Waals surface area (Å²) < 4.78 is 0. The van der Waals surface area contributed by atoms with Crippen LogP contribution in [0, 0.1) is 12.3 Å². The van der Waals surface area contributed by atoms with Crippen LogP contribution in [0.25, 0.3) is 0 Å². The fourth-order valence-electron chi connectivity index (χ4n) is 3.30. The average molecular weight is 465 g/mol. The molecule has 188 valence electrons. The van der Waals surface area contributed by atoms with Crippen LogP contribution in [-0.4, -0.2) is 0 Å². The third-order valence-electron chi connectivity index (χ3n) is 5.98. The van der Waals surface area contributed by atoms with Crippen molar-refractivity contribution in [3.05, 3.63) is 70.8 Å². The van der Waals surface area contributed by atoms with Crippen LogP contribution in [0.5, 0.6) is 0 Å². The van der Waals surface area contributed by atoms with E-state index in [0.29, 0.717) is 0 Å². The largest absolute Gasteiger partial charge is 0.225 e. The van der Waals surface area contributed by atoms with Gasteiger partial charge in [0.2, 0.25) is 0 Å². The topological polar surface area (TPSA) is 18.5 Å². The van der Waals surface area contributed by atoms with Gasteiger partial charge in [-0.2, -0.15) is 0 Å². The van der Waals surface area contributed by atoms with E-state index in [0.717, 1.165) is 17.5 Å². The van der Waals surface area contributed by atoms with Gasteiger partial charge in [-0.3, -0.25) is 0 Å². The summed E-state index contributed by atoms with van der Waals surface area (Å²) in [6.07, 6.45) is 8.30. The highest BCUT2D eigenvalue weighted by Crippen LogP contribution is 2.35. The Hall–Kier alpha value is -2.08. The average Bonchev–Trinajstić information content (AvgIpc) is 2.76. The second-order valence-corrected chi connectivity index (χ2v) is 12.2. The Bertz CT molecular complexity index is 861. The van der Waals surface area contributed by atoms with Crippen LogP contribution < -0.4 is 0 Å². The minimum absolute atomic E-state index is 0.0968. The van der Waals surface area contributed by atoms with Gasteiger partial charge < -0.3 is 0 Å². The zero-order valence-corrected chi connectivity index (χ0v) is 23.6. The van der Waals surface area contributed by atoms with Gasteiger partial charge in [-0.15, -0.1) is 12.3 Å². The SMILES string of the molecule is C#CCCCC.CC(C)(C)c1cccc(C(C)(C)OOC(C)(C)c2cccc(C(C)(C)C)c2)c1. The Morgan fingerprint density at radius 1 is 0.647 bits per heavy atom. The molecule has 2 aromatic rings. The number of hydrogen-bond acceptors (Lipinski definition) is 2. The number of terminal acetylenes is 1. The summed E-state index contributed by atoms with van der Waals surface area (Å²) in [5.74, 6) is 2.57. The first-order valence-corrected chi connectivity index (χ1v) is 12.6. The summed E-state index contributed by atoms with van der Waals surface area (Å²) in [4.78, 5) is 12.1. The van der Waals surface area contributed by atoms with Crippen molar-refractivity contribution in [2.75, 3.05) is 0 Å². The molecule has 0 heterocycles. The van der Waals surface area contributed by atoms with E-state index in [1.54, 1.807) is 0 Å². The second kappa shape index (κ2) is 12.1. The molecule has 0 aromatic heterocycles. The van der Waals surface area contributed by atoms with Gasteiger partial charge >= 0.3 is 0 Å². The lowest BCUT2D eigenvalue weighted by molar-refractivity contribution is -0.410. The van der Waals surface area contributed by atoms with Crippen LogP contribution in [0.3, 0.4) is 0 Å². The van der Waals surface area contributed by atoms with E-state index in [-0.39, 0.29) is 10.8 Å². The molecule has 2 aromatic carbocycles. The second-order valence-electron chi connectivity index (χ2n) is 12.2. The Balaban J connectivity index is 0.000000852. The molecule has 0 N–H and O–H groups in total. The minimum atomic E-state index is -0.555. The van der Waals surface area contributed by atoms with Crippen LogP contribution >= 0.6 is 0 Å². The van der Waals surface area contributed by atoms with E-state index < -0.39 is 11.2 Å². The third kappa shape index (κ3) is 9.28. The zero-order chi connectivity index (χ0) is 26.2. The molecule has 0 fully saturated rings. The van der Waals surface area contributed by atoms with Gasteiger partial charge in [-0.1, -0.05) is 103 Å². The predicted molar refractivity (Wildman–Crippen MR) is 147 cm³/mol. The maximum atomic E-state index is 6.03. The van der Waals surface area contributed by atoms with E-state index in [4.69, 9.17) is 16.2 Å². The monoisotopic (exact) mass is 464 g/mol. The van der Waals surface area contributed by atoms with Crippen molar-refractivity contribution in [1.82, 2.24) is 0 Å². The maximum absolute atomic E-state index is 6.03. The molecule has 0 aliphatic heterocycles. The van der Waals surface area contributed by atoms with E-state index >= 15 is 0 Å². The molecular formula is C32H48O2. The van der Waals surface area contributed by atoms with Gasteiger partial charge in [-0.25, -0.2) is 9.78 Å². The molecule has 0 aliphatic rings. The van der Waals surface area contributed by atoms with E-state index in [1.807, 2.05) is 0 Å². The van der Waals surface area contributed by atoms with Crippen molar-refractivity contribution in [2.45, 2.75) is 117 Å². The molecule has 0 saturated heterocycles. The van der Waals surface area contributed by atoms with Crippen molar-refractivity contribution < 1.29 is 9.78 Å². The highest BCUT2D eigenvalue weighted by molar-refractivity contribution is 5.32. The van der Waals surface area contributed by atoms with Gasteiger partial charge in [0, 0.05) is 6.42 Å². The molecule has 0 amide bonds. The standard InChI is InChI=1S/C26H38O2.C6H10/c1-23(2,3)19-13-11-15-21(17-19)25(7,8)27-28-26(9,10)22-16-12-14-20(18-22)24(4,5)6;1-3-5-6-4-2/h11-18H,1-10H3;1H,4-6H2,2H3. The fourth-order valence-corrected chi connectivity index (χ4v) is 3.30. The Morgan fingerprint density at radius 3 is 1.26 bits per heavy atom. The predicted octanol–water partition coefficient (Wildman–Crippen LogP) is 9.21. The molecular weight excluding hydrogens is 416 g/mol. The fraction of sp³-hybridized carbons (Fsp3) is 0.562. The molecule has 34 heavy (non-hydrogen) atoms. The molecule has 2 heteroatoms. The van der Waals surface area contributed by atoms with Gasteiger partial charge in [0.25, 0.3) is 0 Å². The van der Waals surface area contributed by atoms with Crippen molar-refractivity contribution in [2.24, 2.45) is 0 Å². The minimum Gasteiger partial charge on any atom is -0.225 e. The summed E-state index contributed by atoms with van der Waals surface area (Å²) in [7, 11) is 0. The van der Waals surface area contributed by atoms with Crippen molar-refractivity contribution in [3.63, 3.8) is 0 Å². The molecule has 0 bridgehead atoms. The van der Waals surface area contributed by atoms with E-state index in [2.05, 4.69) is 131 Å². The first-order valence-electron chi connectivity index (χ1n) is 12.6. The molecule has 0 saturated carbocycles. The molecule has 0 spiro atoms. The van der Waals surface area contributed by atoms with Crippen molar-refractivity contribution in [1.29, 1.82) is 0 Å². The van der Waals surface area contributed by atoms with Gasteiger partial charge in [0.15, 0.2) is 0 Å². The van der Waals surface area contributed by atoms with Crippen molar-refractivity contribution in [3.8, 4) is 12.3 Å². The molecule has 0 atom stereocenters. The van der Waals surface area contributed by atoms with Crippen LogP contribution in [0.1, 0.15) is 118 Å². The van der Waals surface area contributed by atoms with Crippen LogP contribution in [0.4, 0.5) is 0 Å². The number of benzene rings is 2. The zero-order valence-electron chi connectivity index (χ0n) is 23.6. The van der Waals surface area contributed by atoms with Gasteiger partial charge in [0.1, 0.15) is 11.2 Å². The third-order valence-corrected chi connectivity index (χ3v) is 5.98. The molecule has 2 nitrogen and oxygen atoms in total. The van der Waals surface area contributed by atoms with E-state index in [9.17, 15) is 0 Å². The van der Waals surface area contributed by atoms with Crippen LogP contribution in [0.15, 0.2) is 48.5 Å². The first kappa shape index (κ1) is 30.0. The molecule has 0 unspecified atom stereocenters. The van der Waals surface area contributed by atoms with Gasteiger partial charge in [-0.05, 0) is 67.2 Å². The summed E-state index contributed by atoms with van der Waals surface area (Å²) in [5.41, 5.74) is 3.88. The highest BCUT2D eigenvalue weighted by Gasteiger charge is 2.31. The number of rotatable bonds is 7. The highest BCUT2D eigenvalue weighted by atomic mass is 17.2. The number of hydrogen-bond donors (Lipinski definition) is 0. The summed E-state index contributed by atoms with van der Waals surface area (Å²) >= 11 is 0. The Labute approximate surface area is 210 Å². The van der Waals surface area contributed by atoms with Gasteiger partial charge in [0.05, 0.1) is 0 Å². The lowest BCUT2D eigenvalue weighted by Gasteiger charge is -2.33. The van der Waals surface area contributed by atoms with Crippen LogP contribution in [0.2, 0.25) is 0 Å². The molecule has 2 rings (SSSR count). The normalized spacial score (nSPS) is 12.5. The lowest BCUT2D eigenvalue weighted by Crippen LogP contribution is -2.30. The summed E-state index contributed by atoms with van der Waals surface area (Å²) in [5, 5.41) is 0. The first-order chi connectivity index (χ1) is 15.5. The Kier molecular flexibility index (Phi) is 10.6.